The molecule has 0 aromatic carbocycles. The second-order valence-electron chi connectivity index (χ2n) is 3.35. The second kappa shape index (κ2) is 6.56. The Morgan fingerprint density at radius 2 is 2.29 bits per heavy atom. The Bertz CT molecular complexity index is 247. The number of aryl methyl sites for hydroxylation is 1. The fourth-order valence-corrected chi connectivity index (χ4v) is 1.33. The van der Waals surface area contributed by atoms with Gasteiger partial charge in [0, 0.05) is 32.1 Å². The van der Waals surface area contributed by atoms with Crippen LogP contribution in [-0.2, 0) is 6.54 Å². The normalized spacial score (nSPS) is 10.7. The van der Waals surface area contributed by atoms with E-state index in [9.17, 15) is 0 Å². The molecule has 0 fully saturated rings. The van der Waals surface area contributed by atoms with Crippen molar-refractivity contribution in [2.45, 2.75) is 26.3 Å². The van der Waals surface area contributed by atoms with E-state index in [-0.39, 0.29) is 0 Å². The molecule has 1 aromatic rings. The van der Waals surface area contributed by atoms with E-state index in [0.29, 0.717) is 6.61 Å². The Balaban J connectivity index is 2.02. The average molecular weight is 197 g/mol. The molecule has 0 saturated carbocycles. The van der Waals surface area contributed by atoms with E-state index in [2.05, 4.69) is 14.9 Å². The van der Waals surface area contributed by atoms with Crippen LogP contribution in [0.4, 0.5) is 0 Å². The number of aliphatic hydroxyl groups is 1. The van der Waals surface area contributed by atoms with Crippen molar-refractivity contribution >= 4 is 0 Å². The molecular formula is C10H19N3O. The molecule has 0 spiro atoms. The quantitative estimate of drug-likeness (QED) is 0.628. The highest BCUT2D eigenvalue weighted by molar-refractivity contribution is 4.88. The van der Waals surface area contributed by atoms with Crippen molar-refractivity contribution < 1.29 is 5.11 Å². The van der Waals surface area contributed by atoms with E-state index in [1.165, 1.54) is 0 Å². The van der Waals surface area contributed by atoms with Crippen LogP contribution in [0.2, 0.25) is 0 Å². The first-order chi connectivity index (χ1) is 6.84. The van der Waals surface area contributed by atoms with Crippen molar-refractivity contribution in [1.29, 1.82) is 0 Å². The van der Waals surface area contributed by atoms with Gasteiger partial charge in [-0.15, -0.1) is 0 Å². The highest BCUT2D eigenvalue weighted by Crippen LogP contribution is 1.93. The summed E-state index contributed by atoms with van der Waals surface area (Å²) in [4.78, 5) is 4.15. The highest BCUT2D eigenvalue weighted by atomic mass is 16.2. The summed E-state index contributed by atoms with van der Waals surface area (Å²) < 4.78 is 2.12. The number of unbranched alkanes of at least 4 members (excludes halogenated alkanes) is 1. The molecule has 4 nitrogen and oxygen atoms in total. The zero-order valence-electron chi connectivity index (χ0n) is 8.74. The van der Waals surface area contributed by atoms with Crippen LogP contribution >= 0.6 is 0 Å². The zero-order chi connectivity index (χ0) is 10.2. The van der Waals surface area contributed by atoms with E-state index >= 15 is 0 Å². The second-order valence-corrected chi connectivity index (χ2v) is 3.35. The molecule has 80 valence electrons. The van der Waals surface area contributed by atoms with Gasteiger partial charge >= 0.3 is 0 Å². The molecule has 4 heteroatoms. The number of aromatic nitrogens is 2. The van der Waals surface area contributed by atoms with Gasteiger partial charge in [0.25, 0.3) is 0 Å². The molecule has 0 saturated heterocycles. The first-order valence-electron chi connectivity index (χ1n) is 5.14. The largest absolute Gasteiger partial charge is 0.396 e. The third kappa shape index (κ3) is 3.89. The maximum Gasteiger partial charge on any atom is 0.105 e. The number of nitrogens with one attached hydrogen (secondary N) is 1. The summed E-state index contributed by atoms with van der Waals surface area (Å²) in [5, 5.41) is 11.9. The van der Waals surface area contributed by atoms with Crippen LogP contribution in [0.5, 0.6) is 0 Å². The Hall–Kier alpha value is -0.870. The Labute approximate surface area is 85.0 Å². The summed E-state index contributed by atoms with van der Waals surface area (Å²) >= 11 is 0. The van der Waals surface area contributed by atoms with Gasteiger partial charge in [0.1, 0.15) is 5.82 Å². The van der Waals surface area contributed by atoms with E-state index in [4.69, 9.17) is 5.11 Å². The SMILES string of the molecule is Cc1nccn1CCNCCCCO. The summed E-state index contributed by atoms with van der Waals surface area (Å²) in [6.07, 6.45) is 5.74. The smallest absolute Gasteiger partial charge is 0.105 e. The van der Waals surface area contributed by atoms with Gasteiger partial charge in [-0.3, -0.25) is 0 Å². The minimum absolute atomic E-state index is 0.294. The maximum absolute atomic E-state index is 8.57. The summed E-state index contributed by atoms with van der Waals surface area (Å²) in [5.41, 5.74) is 0. The van der Waals surface area contributed by atoms with E-state index in [0.717, 1.165) is 38.3 Å². The summed E-state index contributed by atoms with van der Waals surface area (Å²) in [6.45, 7) is 5.20. The summed E-state index contributed by atoms with van der Waals surface area (Å²) in [6, 6.07) is 0. The first kappa shape index (κ1) is 11.2. The van der Waals surface area contributed by atoms with Crippen LogP contribution in [0.25, 0.3) is 0 Å². The number of aliphatic hydroxyl groups excluding tert-OH is 1. The lowest BCUT2D eigenvalue weighted by Gasteiger charge is -2.06. The lowest BCUT2D eigenvalue weighted by atomic mass is 10.3. The molecule has 0 aliphatic carbocycles. The lowest BCUT2D eigenvalue weighted by molar-refractivity contribution is 0.283. The fourth-order valence-electron chi connectivity index (χ4n) is 1.33. The number of imidazole rings is 1. The molecule has 0 aliphatic heterocycles. The molecule has 1 aromatic heterocycles. The van der Waals surface area contributed by atoms with Gasteiger partial charge in [0.05, 0.1) is 0 Å². The molecule has 0 amide bonds. The third-order valence-electron chi connectivity index (χ3n) is 2.21. The molecule has 1 rings (SSSR count). The number of hydrogen-bond donors (Lipinski definition) is 2. The van der Waals surface area contributed by atoms with Crippen LogP contribution < -0.4 is 5.32 Å². The average Bonchev–Trinajstić information content (AvgIpc) is 2.58. The van der Waals surface area contributed by atoms with Gasteiger partial charge < -0.3 is 15.0 Å². The fraction of sp³-hybridized carbons (Fsp3) is 0.700. The minimum Gasteiger partial charge on any atom is -0.396 e. The maximum atomic E-state index is 8.57. The van der Waals surface area contributed by atoms with E-state index in [1.807, 2.05) is 19.3 Å². The number of hydrogen-bond acceptors (Lipinski definition) is 3. The van der Waals surface area contributed by atoms with Crippen molar-refractivity contribution in [2.75, 3.05) is 19.7 Å². The summed E-state index contributed by atoms with van der Waals surface area (Å²) in [5.74, 6) is 1.06. The molecule has 0 bridgehead atoms. The van der Waals surface area contributed by atoms with Crippen molar-refractivity contribution in [2.24, 2.45) is 0 Å². The third-order valence-corrected chi connectivity index (χ3v) is 2.21. The highest BCUT2D eigenvalue weighted by Gasteiger charge is 1.94. The minimum atomic E-state index is 0.294. The standard InChI is InChI=1S/C10H19N3O/c1-10-12-6-8-13(10)7-5-11-4-2-3-9-14/h6,8,11,14H,2-5,7,9H2,1H3. The topological polar surface area (TPSA) is 50.1 Å². The van der Waals surface area contributed by atoms with Gasteiger partial charge in [-0.25, -0.2) is 4.98 Å². The van der Waals surface area contributed by atoms with Gasteiger partial charge in [0.2, 0.25) is 0 Å². The molecule has 2 N–H and O–H groups in total. The Morgan fingerprint density at radius 1 is 1.43 bits per heavy atom. The van der Waals surface area contributed by atoms with Gasteiger partial charge in [-0.05, 0) is 26.3 Å². The molecule has 0 unspecified atom stereocenters. The van der Waals surface area contributed by atoms with Crippen LogP contribution in [0.1, 0.15) is 18.7 Å². The first-order valence-corrected chi connectivity index (χ1v) is 5.14. The monoisotopic (exact) mass is 197 g/mol. The van der Waals surface area contributed by atoms with Crippen molar-refractivity contribution in [3.05, 3.63) is 18.2 Å². The predicted molar refractivity (Wildman–Crippen MR) is 56.2 cm³/mol. The van der Waals surface area contributed by atoms with Crippen molar-refractivity contribution in [1.82, 2.24) is 14.9 Å². The van der Waals surface area contributed by atoms with Crippen molar-refractivity contribution in [3.8, 4) is 0 Å². The Morgan fingerprint density at radius 3 is 2.93 bits per heavy atom. The molecule has 0 radical (unpaired) electrons. The van der Waals surface area contributed by atoms with Gasteiger partial charge in [-0.1, -0.05) is 0 Å². The lowest BCUT2D eigenvalue weighted by Crippen LogP contribution is -2.21. The molecule has 0 atom stereocenters. The predicted octanol–water partition coefficient (Wildman–Crippen LogP) is 0.554. The number of nitrogens with zero attached hydrogens (tertiary/aromatic N) is 2. The van der Waals surface area contributed by atoms with Crippen molar-refractivity contribution in [3.63, 3.8) is 0 Å². The van der Waals surface area contributed by atoms with Gasteiger partial charge in [-0.2, -0.15) is 0 Å². The van der Waals surface area contributed by atoms with Crippen LogP contribution in [0, 0.1) is 6.92 Å². The van der Waals surface area contributed by atoms with Crippen LogP contribution in [0.3, 0.4) is 0 Å². The van der Waals surface area contributed by atoms with Gasteiger partial charge in [0.15, 0.2) is 0 Å². The molecule has 0 aliphatic rings. The molecular weight excluding hydrogens is 178 g/mol. The van der Waals surface area contributed by atoms with Crippen LogP contribution in [0.15, 0.2) is 12.4 Å². The zero-order valence-corrected chi connectivity index (χ0v) is 8.74. The Kier molecular flexibility index (Phi) is 5.25. The van der Waals surface area contributed by atoms with Crippen LogP contribution in [-0.4, -0.2) is 34.4 Å². The van der Waals surface area contributed by atoms with E-state index in [1.54, 1.807) is 0 Å². The molecule has 14 heavy (non-hydrogen) atoms. The van der Waals surface area contributed by atoms with E-state index < -0.39 is 0 Å². The molecule has 1 heterocycles. The number of rotatable bonds is 7. The summed E-state index contributed by atoms with van der Waals surface area (Å²) in [7, 11) is 0.